The maximum absolute atomic E-state index is 13.1. The summed E-state index contributed by atoms with van der Waals surface area (Å²) in [6.07, 6.45) is 1.93. The Balaban J connectivity index is 1.57. The van der Waals surface area contributed by atoms with Crippen LogP contribution in [0.1, 0.15) is 17.5 Å². The zero-order chi connectivity index (χ0) is 26.9. The molecule has 9 nitrogen and oxygen atoms in total. The Labute approximate surface area is 217 Å². The van der Waals surface area contributed by atoms with Gasteiger partial charge in [-0.3, -0.25) is 9.59 Å². The van der Waals surface area contributed by atoms with Crippen LogP contribution >= 0.6 is 0 Å². The lowest BCUT2D eigenvalue weighted by molar-refractivity contribution is -0.134. The molecule has 1 atom stereocenters. The second-order valence-corrected chi connectivity index (χ2v) is 14.5. The Morgan fingerprint density at radius 3 is 2.27 bits per heavy atom. The van der Waals surface area contributed by atoms with Gasteiger partial charge in [-0.1, -0.05) is 31.6 Å². The molecular formula is C27H33NO8Si. The van der Waals surface area contributed by atoms with Crippen LogP contribution in [-0.4, -0.2) is 54.3 Å². The Bertz CT molecular complexity index is 1240. The minimum Gasteiger partial charge on any atom is -0.496 e. The minimum absolute atomic E-state index is 0.0598. The Hall–Kier alpha value is -3.66. The fraction of sp³-hybridized carbons (Fsp3) is 0.407. The summed E-state index contributed by atoms with van der Waals surface area (Å²) in [5.74, 6) is 0.994. The minimum atomic E-state index is -1.73. The van der Waals surface area contributed by atoms with Gasteiger partial charge in [-0.15, -0.1) is 0 Å². The number of rotatable bonds is 8. The van der Waals surface area contributed by atoms with Crippen molar-refractivity contribution in [3.05, 3.63) is 41.3 Å². The maximum atomic E-state index is 13.1. The van der Waals surface area contributed by atoms with Crippen molar-refractivity contribution < 1.29 is 38.0 Å². The second-order valence-electron chi connectivity index (χ2n) is 9.69. The number of amides is 1. The van der Waals surface area contributed by atoms with E-state index < -0.39 is 25.9 Å². The maximum Gasteiger partial charge on any atom is 0.289 e. The van der Waals surface area contributed by atoms with Gasteiger partial charge >= 0.3 is 0 Å². The Morgan fingerprint density at radius 1 is 1.00 bits per heavy atom. The highest BCUT2D eigenvalue weighted by Gasteiger charge is 2.38. The number of benzene rings is 2. The number of hydrogen-bond donors (Lipinski definition) is 1. The van der Waals surface area contributed by atoms with Crippen LogP contribution < -0.4 is 34.2 Å². The standard InChI is InChI=1S/C27H33NO8Si/c1-15-11-16-9-8-10-37(6,7)26(16)25(34-5)23(15)35-21-14-18(29)24(36-21)27(30)28-22-19(32-3)12-17(31-2)13-20(22)33-4/h11-14,24H,8-10H2,1-7H3,(H,28,30). The molecule has 2 heterocycles. The predicted molar refractivity (Wildman–Crippen MR) is 141 cm³/mol. The summed E-state index contributed by atoms with van der Waals surface area (Å²) >= 11 is 0. The van der Waals surface area contributed by atoms with Gasteiger partial charge in [0, 0.05) is 12.1 Å². The van der Waals surface area contributed by atoms with Crippen LogP contribution in [0, 0.1) is 6.92 Å². The lowest BCUT2D eigenvalue weighted by atomic mass is 10.0. The first-order valence-corrected chi connectivity index (χ1v) is 15.3. The summed E-state index contributed by atoms with van der Waals surface area (Å²) in [6, 6.07) is 6.48. The van der Waals surface area contributed by atoms with E-state index in [1.54, 1.807) is 19.2 Å². The smallest absolute Gasteiger partial charge is 0.289 e. The van der Waals surface area contributed by atoms with E-state index in [1.807, 2.05) is 6.92 Å². The van der Waals surface area contributed by atoms with Crippen molar-refractivity contribution in [1.82, 2.24) is 0 Å². The van der Waals surface area contributed by atoms with E-state index in [2.05, 4.69) is 24.5 Å². The summed E-state index contributed by atoms with van der Waals surface area (Å²) in [7, 11) is 4.31. The first kappa shape index (κ1) is 26.4. The number of carbonyl (C=O) groups is 2. The summed E-state index contributed by atoms with van der Waals surface area (Å²) in [6.45, 7) is 6.58. The molecule has 2 aliphatic rings. The molecule has 0 aliphatic carbocycles. The molecule has 2 aromatic carbocycles. The van der Waals surface area contributed by atoms with E-state index >= 15 is 0 Å². The van der Waals surface area contributed by atoms with Crippen molar-refractivity contribution in [2.24, 2.45) is 0 Å². The average molecular weight is 528 g/mol. The van der Waals surface area contributed by atoms with Crippen LogP contribution in [0.15, 0.2) is 30.2 Å². The van der Waals surface area contributed by atoms with Crippen molar-refractivity contribution >= 4 is 30.6 Å². The van der Waals surface area contributed by atoms with E-state index in [9.17, 15) is 9.59 Å². The number of fused-ring (bicyclic) bond motifs is 1. The highest BCUT2D eigenvalue weighted by atomic mass is 28.3. The van der Waals surface area contributed by atoms with Crippen LogP contribution in [0.3, 0.4) is 0 Å². The first-order valence-electron chi connectivity index (χ1n) is 12.0. The lowest BCUT2D eigenvalue weighted by Gasteiger charge is -2.33. The molecular weight excluding hydrogens is 494 g/mol. The third-order valence-electron chi connectivity index (χ3n) is 6.79. The molecule has 0 saturated heterocycles. The molecule has 10 heteroatoms. The van der Waals surface area contributed by atoms with Gasteiger partial charge in [-0.25, -0.2) is 0 Å². The SMILES string of the molecule is COc1cc(OC)c(NC(=O)C2OC(Oc3c(C)cc4c(c3OC)[Si](C)(C)CCC4)=CC2=O)c(OC)c1. The molecule has 1 amide bonds. The molecule has 4 rings (SSSR count). The van der Waals surface area contributed by atoms with Crippen LogP contribution in [0.2, 0.25) is 19.1 Å². The molecule has 2 aliphatic heterocycles. The summed E-state index contributed by atoms with van der Waals surface area (Å²) in [5, 5.41) is 3.91. The van der Waals surface area contributed by atoms with Crippen LogP contribution in [0.25, 0.3) is 0 Å². The monoisotopic (exact) mass is 527 g/mol. The van der Waals surface area contributed by atoms with E-state index in [4.69, 9.17) is 28.4 Å². The number of hydrogen-bond acceptors (Lipinski definition) is 8. The quantitative estimate of drug-likeness (QED) is 0.410. The highest BCUT2D eigenvalue weighted by Crippen LogP contribution is 2.40. The number of nitrogens with one attached hydrogen (secondary N) is 1. The fourth-order valence-corrected chi connectivity index (χ4v) is 8.21. The van der Waals surface area contributed by atoms with Crippen molar-refractivity contribution in [2.75, 3.05) is 33.8 Å². The number of aryl methyl sites for hydroxylation is 2. The molecule has 0 aromatic heterocycles. The third-order valence-corrected chi connectivity index (χ3v) is 10.3. The van der Waals surface area contributed by atoms with Gasteiger partial charge in [-0.05, 0) is 29.7 Å². The van der Waals surface area contributed by atoms with Gasteiger partial charge in [0.1, 0.15) is 22.9 Å². The summed E-state index contributed by atoms with van der Waals surface area (Å²) in [5.41, 5.74) is 2.42. The van der Waals surface area contributed by atoms with Gasteiger partial charge in [-0.2, -0.15) is 0 Å². The van der Waals surface area contributed by atoms with Crippen molar-refractivity contribution in [3.8, 4) is 28.7 Å². The number of carbonyl (C=O) groups excluding carboxylic acids is 2. The van der Waals surface area contributed by atoms with E-state index in [-0.39, 0.29) is 11.6 Å². The zero-order valence-corrected chi connectivity index (χ0v) is 23.3. The van der Waals surface area contributed by atoms with E-state index in [0.29, 0.717) is 28.7 Å². The molecule has 0 radical (unpaired) electrons. The molecule has 0 bridgehead atoms. The zero-order valence-electron chi connectivity index (χ0n) is 22.3. The Kier molecular flexibility index (Phi) is 7.40. The van der Waals surface area contributed by atoms with Gasteiger partial charge in [0.2, 0.25) is 11.9 Å². The van der Waals surface area contributed by atoms with Gasteiger partial charge in [0.05, 0.1) is 42.6 Å². The number of ketones is 1. The first-order chi connectivity index (χ1) is 17.6. The molecule has 1 unspecified atom stereocenters. The summed E-state index contributed by atoms with van der Waals surface area (Å²) in [4.78, 5) is 25.8. The van der Waals surface area contributed by atoms with Crippen LogP contribution in [-0.2, 0) is 20.7 Å². The van der Waals surface area contributed by atoms with Crippen molar-refractivity contribution in [1.29, 1.82) is 0 Å². The molecule has 198 valence electrons. The van der Waals surface area contributed by atoms with Crippen molar-refractivity contribution in [2.45, 2.75) is 45.0 Å². The van der Waals surface area contributed by atoms with Crippen LogP contribution in [0.5, 0.6) is 28.7 Å². The second kappa shape index (κ2) is 10.4. The molecule has 37 heavy (non-hydrogen) atoms. The lowest BCUT2D eigenvalue weighted by Crippen LogP contribution is -2.47. The average Bonchev–Trinajstić information content (AvgIpc) is 3.24. The normalized spacial score (nSPS) is 17.8. The third kappa shape index (κ3) is 4.98. The highest BCUT2D eigenvalue weighted by molar-refractivity contribution is 6.91. The predicted octanol–water partition coefficient (Wildman–Crippen LogP) is 3.72. The molecule has 0 spiro atoms. The molecule has 2 aromatic rings. The van der Waals surface area contributed by atoms with Gasteiger partial charge < -0.3 is 33.7 Å². The number of methoxy groups -OCH3 is 4. The fourth-order valence-electron chi connectivity index (χ4n) is 5.00. The molecule has 0 saturated carbocycles. The van der Waals surface area contributed by atoms with Crippen molar-refractivity contribution in [3.63, 3.8) is 0 Å². The van der Waals surface area contributed by atoms with E-state index in [1.165, 1.54) is 44.6 Å². The van der Waals surface area contributed by atoms with Crippen LogP contribution in [0.4, 0.5) is 5.69 Å². The molecule has 1 N–H and O–H groups in total. The van der Waals surface area contributed by atoms with E-state index in [0.717, 1.165) is 18.0 Å². The van der Waals surface area contributed by atoms with Gasteiger partial charge in [0.15, 0.2) is 11.5 Å². The molecule has 0 fully saturated rings. The number of ether oxygens (including phenoxy) is 6. The van der Waals surface area contributed by atoms with Gasteiger partial charge in [0.25, 0.3) is 11.9 Å². The topological polar surface area (TPSA) is 102 Å². The number of anilines is 1. The summed E-state index contributed by atoms with van der Waals surface area (Å²) < 4.78 is 33.6. The largest absolute Gasteiger partial charge is 0.496 e. The Morgan fingerprint density at radius 2 is 1.68 bits per heavy atom.